The van der Waals surface area contributed by atoms with E-state index in [2.05, 4.69) is 20.8 Å². The van der Waals surface area contributed by atoms with Crippen molar-refractivity contribution in [3.8, 4) is 0 Å². The lowest BCUT2D eigenvalue weighted by Crippen LogP contribution is -2.76. The van der Waals surface area contributed by atoms with Crippen LogP contribution in [0.1, 0.15) is 19.5 Å². The van der Waals surface area contributed by atoms with Crippen LogP contribution in [-0.4, -0.2) is 77.1 Å². The summed E-state index contributed by atoms with van der Waals surface area (Å²) in [5.74, 6) is -2.97. The summed E-state index contributed by atoms with van der Waals surface area (Å²) in [4.78, 5) is 45.5. The van der Waals surface area contributed by atoms with Crippen molar-refractivity contribution in [2.75, 3.05) is 24.9 Å². The molecule has 1 aromatic rings. The van der Waals surface area contributed by atoms with E-state index in [0.717, 1.165) is 18.4 Å². The molecule has 0 radical (unpaired) electrons. The summed E-state index contributed by atoms with van der Waals surface area (Å²) < 4.78 is 36.4. The lowest BCUT2D eigenvalue weighted by molar-refractivity contribution is -0.179. The summed E-state index contributed by atoms with van der Waals surface area (Å²) in [6.07, 6.45) is -0.404. The maximum absolute atomic E-state index is 12.8. The van der Waals surface area contributed by atoms with Gasteiger partial charge in [0.1, 0.15) is 17.7 Å². The lowest BCUT2D eigenvalue weighted by Gasteiger charge is -2.44. The Balaban J connectivity index is 2.27. The van der Waals surface area contributed by atoms with Gasteiger partial charge in [-0.15, -0.1) is 22.9 Å². The van der Waals surface area contributed by atoms with Crippen LogP contribution in [0.4, 0.5) is 5.13 Å². The van der Waals surface area contributed by atoms with Crippen LogP contribution in [0.5, 0.6) is 0 Å². The summed E-state index contributed by atoms with van der Waals surface area (Å²) in [6.45, 7) is 2.66. The number of thiazole rings is 1. The van der Waals surface area contributed by atoms with Crippen molar-refractivity contribution in [1.29, 1.82) is 0 Å². The number of halogens is 1. The topological polar surface area (TPSA) is 177 Å². The Kier molecular flexibility index (Phi) is 7.36. The Morgan fingerprint density at radius 3 is 2.67 bits per heavy atom. The number of carbonyl (C=O) groups excluding carboxylic acids is 3. The molecule has 0 aliphatic carbocycles. The fourth-order valence-electron chi connectivity index (χ4n) is 2.13. The monoisotopic (exact) mass is 483 g/mol. The lowest BCUT2D eigenvalue weighted by atomic mass is 10.1. The molecular formula is C14H18ClN5O8S2. The van der Waals surface area contributed by atoms with Gasteiger partial charge in [0, 0.05) is 12.5 Å². The number of carbonyl (C=O) groups is 3. The zero-order valence-electron chi connectivity index (χ0n) is 15.9. The van der Waals surface area contributed by atoms with Gasteiger partial charge in [-0.2, -0.15) is 8.42 Å². The number of oxime groups is 1. The minimum atomic E-state index is -4.80. The standard InChI is InChI=1S/C14H18ClN5O8S2/c1-7(2)28-19-10(8-5-29-13(16-8)17-9(21)4-15)11(22)18-14(27-3)6-20(12(14)23)30(24,25)26/h5,7H,4,6H2,1-3H3,(H,18,22)(H,16,17,21)(H,24,25,26)/b19-10-. The molecule has 3 N–H and O–H groups in total. The highest BCUT2D eigenvalue weighted by Crippen LogP contribution is 2.26. The van der Waals surface area contributed by atoms with Crippen LogP contribution >= 0.6 is 22.9 Å². The van der Waals surface area contributed by atoms with Crippen LogP contribution in [0.2, 0.25) is 0 Å². The minimum Gasteiger partial charge on any atom is -0.392 e. The van der Waals surface area contributed by atoms with E-state index in [0.29, 0.717) is 0 Å². The van der Waals surface area contributed by atoms with E-state index in [9.17, 15) is 22.8 Å². The summed E-state index contributed by atoms with van der Waals surface area (Å²) >= 11 is 6.41. The number of nitrogens with one attached hydrogen (secondary N) is 2. The quantitative estimate of drug-likeness (QED) is 0.105. The Morgan fingerprint density at radius 2 is 2.17 bits per heavy atom. The molecule has 13 nitrogen and oxygen atoms in total. The first-order valence-corrected chi connectivity index (χ1v) is 11.0. The van der Waals surface area contributed by atoms with E-state index in [4.69, 9.17) is 25.7 Å². The summed E-state index contributed by atoms with van der Waals surface area (Å²) in [7, 11) is -3.73. The third-order valence-corrected chi connectivity index (χ3v) is 5.42. The number of hydrogen-bond acceptors (Lipinski definition) is 10. The molecular weight excluding hydrogens is 466 g/mol. The molecule has 16 heteroatoms. The molecule has 1 atom stereocenters. The van der Waals surface area contributed by atoms with Crippen LogP contribution in [-0.2, 0) is 34.3 Å². The number of methoxy groups -OCH3 is 1. The minimum absolute atomic E-state index is 0.00711. The molecule has 1 unspecified atom stereocenters. The van der Waals surface area contributed by atoms with Crippen LogP contribution in [0.3, 0.4) is 0 Å². The predicted octanol–water partition coefficient (Wildman–Crippen LogP) is -0.447. The average molecular weight is 484 g/mol. The molecule has 1 aromatic heterocycles. The van der Waals surface area contributed by atoms with Gasteiger partial charge >= 0.3 is 10.3 Å². The van der Waals surface area contributed by atoms with E-state index in [1.54, 1.807) is 13.8 Å². The second-order valence-corrected chi connectivity index (χ2v) is 8.55. The van der Waals surface area contributed by atoms with Gasteiger partial charge < -0.3 is 20.2 Å². The van der Waals surface area contributed by atoms with Crippen LogP contribution < -0.4 is 10.6 Å². The molecule has 1 saturated heterocycles. The molecule has 0 saturated carbocycles. The summed E-state index contributed by atoms with van der Waals surface area (Å²) in [5.41, 5.74) is -2.38. The molecule has 30 heavy (non-hydrogen) atoms. The fourth-order valence-corrected chi connectivity index (χ4v) is 3.61. The zero-order valence-corrected chi connectivity index (χ0v) is 18.3. The highest BCUT2D eigenvalue weighted by atomic mass is 35.5. The van der Waals surface area contributed by atoms with E-state index in [1.165, 1.54) is 5.38 Å². The summed E-state index contributed by atoms with van der Waals surface area (Å²) in [5, 5.41) is 9.92. The van der Waals surface area contributed by atoms with E-state index < -0.39 is 46.4 Å². The number of β-lactam (4-membered cyclic amide) rings is 1. The van der Waals surface area contributed by atoms with Gasteiger partial charge in [-0.25, -0.2) is 9.29 Å². The van der Waals surface area contributed by atoms with Crippen molar-refractivity contribution < 1.29 is 36.9 Å². The molecule has 1 fully saturated rings. The molecule has 2 heterocycles. The first-order chi connectivity index (χ1) is 13.9. The van der Waals surface area contributed by atoms with Crippen molar-refractivity contribution in [3.63, 3.8) is 0 Å². The Morgan fingerprint density at radius 1 is 1.50 bits per heavy atom. The molecule has 3 amide bonds. The number of nitrogens with zero attached hydrogens (tertiary/aromatic N) is 3. The summed E-state index contributed by atoms with van der Waals surface area (Å²) in [6, 6.07) is 0. The van der Waals surface area contributed by atoms with Gasteiger partial charge in [0.2, 0.25) is 11.6 Å². The van der Waals surface area contributed by atoms with Crippen LogP contribution in [0.25, 0.3) is 0 Å². The van der Waals surface area contributed by atoms with E-state index in [1.807, 2.05) is 0 Å². The molecule has 0 aromatic carbocycles. The third-order valence-electron chi connectivity index (χ3n) is 3.57. The van der Waals surface area contributed by atoms with Crippen LogP contribution in [0.15, 0.2) is 10.5 Å². The molecule has 0 spiro atoms. The normalized spacial score (nSPS) is 19.5. The average Bonchev–Trinajstić information content (AvgIpc) is 3.11. The van der Waals surface area contributed by atoms with Gasteiger partial charge in [0.05, 0.1) is 6.54 Å². The molecule has 1 aliphatic rings. The van der Waals surface area contributed by atoms with Crippen molar-refractivity contribution in [1.82, 2.24) is 14.6 Å². The highest BCUT2D eigenvalue weighted by Gasteiger charge is 2.59. The van der Waals surface area contributed by atoms with E-state index >= 15 is 0 Å². The Labute approximate surface area is 180 Å². The maximum Gasteiger partial charge on any atom is 0.362 e. The molecule has 2 rings (SSSR count). The fraction of sp³-hybridized carbons (Fsp3) is 0.500. The van der Waals surface area contributed by atoms with Gasteiger partial charge in [0.25, 0.3) is 11.8 Å². The number of amides is 3. The first kappa shape index (κ1) is 23.9. The second kappa shape index (κ2) is 9.22. The van der Waals surface area contributed by atoms with Crippen LogP contribution in [0, 0.1) is 0 Å². The Hall–Kier alpha value is -2.33. The highest BCUT2D eigenvalue weighted by molar-refractivity contribution is 7.84. The third kappa shape index (κ3) is 5.23. The molecule has 166 valence electrons. The van der Waals surface area contributed by atoms with Crippen molar-refractivity contribution in [2.45, 2.75) is 25.7 Å². The number of aromatic nitrogens is 1. The maximum atomic E-state index is 12.8. The van der Waals surface area contributed by atoms with E-state index in [-0.39, 0.29) is 26.7 Å². The molecule has 1 aliphatic heterocycles. The first-order valence-electron chi connectivity index (χ1n) is 8.16. The van der Waals surface area contributed by atoms with Gasteiger partial charge in [0.15, 0.2) is 10.8 Å². The number of alkyl halides is 1. The number of hydrogen-bond donors (Lipinski definition) is 3. The second-order valence-electron chi connectivity index (χ2n) is 6.09. The van der Waals surface area contributed by atoms with Crippen molar-refractivity contribution in [2.24, 2.45) is 5.16 Å². The number of anilines is 1. The van der Waals surface area contributed by atoms with Gasteiger partial charge in [-0.1, -0.05) is 5.16 Å². The molecule has 0 bridgehead atoms. The SMILES string of the molecule is COC1(NC(=O)/C(=N\OC(C)C)c2csc(NC(=O)CCl)n2)CN(S(=O)(=O)O)C1=O. The zero-order chi connectivity index (χ0) is 22.7. The Bertz CT molecular complexity index is 979. The van der Waals surface area contributed by atoms with Crippen molar-refractivity contribution in [3.05, 3.63) is 11.1 Å². The van der Waals surface area contributed by atoms with Crippen molar-refractivity contribution >= 4 is 61.8 Å². The number of rotatable bonds is 9. The number of ether oxygens (including phenoxy) is 1. The van der Waals surface area contributed by atoms with Gasteiger partial charge in [-0.3, -0.25) is 18.9 Å². The smallest absolute Gasteiger partial charge is 0.362 e. The predicted molar refractivity (Wildman–Crippen MR) is 105 cm³/mol. The van der Waals surface area contributed by atoms with Gasteiger partial charge in [-0.05, 0) is 13.8 Å². The largest absolute Gasteiger partial charge is 0.392 e.